The van der Waals surface area contributed by atoms with Crippen molar-refractivity contribution in [3.8, 4) is 0 Å². The van der Waals surface area contributed by atoms with Crippen LogP contribution in [0.2, 0.25) is 0 Å². The van der Waals surface area contributed by atoms with Gasteiger partial charge in [-0.2, -0.15) is 0 Å². The van der Waals surface area contributed by atoms with E-state index in [0.29, 0.717) is 6.04 Å². The number of nitrogen functional groups attached to an aromatic ring is 1. The molecule has 0 amide bonds. The van der Waals surface area contributed by atoms with Crippen LogP contribution in [-0.2, 0) is 6.42 Å². The van der Waals surface area contributed by atoms with Crippen LogP contribution in [-0.4, -0.2) is 17.6 Å². The third-order valence-corrected chi connectivity index (χ3v) is 3.07. The molecule has 3 N–H and O–H groups in total. The molecule has 0 aliphatic carbocycles. The van der Waals surface area contributed by atoms with Crippen LogP contribution in [0.3, 0.4) is 0 Å². The number of nitrogens with one attached hydrogen (secondary N) is 1. The summed E-state index contributed by atoms with van der Waals surface area (Å²) in [5.41, 5.74) is 7.95. The molecule has 1 rings (SSSR count). The first-order valence-corrected chi connectivity index (χ1v) is 6.69. The minimum atomic E-state index is 0.655. The minimum absolute atomic E-state index is 0.655. The highest BCUT2D eigenvalue weighted by Gasteiger charge is 2.06. The predicted octanol–water partition coefficient (Wildman–Crippen LogP) is 2.76. The topological polar surface area (TPSA) is 50.9 Å². The van der Waals surface area contributed by atoms with Gasteiger partial charge in [-0.1, -0.05) is 20.3 Å². The van der Waals surface area contributed by atoms with Crippen LogP contribution in [0.15, 0.2) is 18.5 Å². The molecule has 1 unspecified atom stereocenters. The standard InChI is InChI=1S/C14H25N3/c1-3-6-13(17-4-2)8-5-7-12-11-16-10-9-14(12)15/h9-11,13,17H,3-8H2,1-2H3,(H2,15,16). The van der Waals surface area contributed by atoms with Crippen LogP contribution in [0.25, 0.3) is 0 Å². The maximum atomic E-state index is 5.90. The van der Waals surface area contributed by atoms with Crippen molar-refractivity contribution in [2.75, 3.05) is 12.3 Å². The average molecular weight is 235 g/mol. The summed E-state index contributed by atoms with van der Waals surface area (Å²) >= 11 is 0. The quantitative estimate of drug-likeness (QED) is 0.728. The Morgan fingerprint density at radius 1 is 1.35 bits per heavy atom. The second-order valence-corrected chi connectivity index (χ2v) is 4.51. The van der Waals surface area contributed by atoms with E-state index in [9.17, 15) is 0 Å². The molecule has 3 heteroatoms. The first-order chi connectivity index (χ1) is 8.27. The Morgan fingerprint density at radius 2 is 2.18 bits per heavy atom. The summed E-state index contributed by atoms with van der Waals surface area (Å²) in [6, 6.07) is 2.53. The van der Waals surface area contributed by atoms with E-state index in [1.54, 1.807) is 6.20 Å². The zero-order valence-electron chi connectivity index (χ0n) is 11.1. The Kier molecular flexibility index (Phi) is 6.63. The van der Waals surface area contributed by atoms with Gasteiger partial charge >= 0.3 is 0 Å². The summed E-state index contributed by atoms with van der Waals surface area (Å²) in [7, 11) is 0. The smallest absolute Gasteiger partial charge is 0.0377 e. The van der Waals surface area contributed by atoms with Gasteiger partial charge in [0.1, 0.15) is 0 Å². The maximum Gasteiger partial charge on any atom is 0.0377 e. The van der Waals surface area contributed by atoms with Gasteiger partial charge in [0.25, 0.3) is 0 Å². The lowest BCUT2D eigenvalue weighted by molar-refractivity contribution is 0.447. The Hall–Kier alpha value is -1.09. The lowest BCUT2D eigenvalue weighted by Gasteiger charge is -2.16. The number of nitrogens with two attached hydrogens (primary N) is 1. The van der Waals surface area contributed by atoms with E-state index in [1.807, 2.05) is 12.3 Å². The van der Waals surface area contributed by atoms with Crippen molar-refractivity contribution in [3.05, 3.63) is 24.0 Å². The number of nitrogens with zero attached hydrogens (tertiary/aromatic N) is 1. The molecule has 1 aromatic rings. The summed E-state index contributed by atoms with van der Waals surface area (Å²) in [6.07, 6.45) is 9.56. The number of hydrogen-bond donors (Lipinski definition) is 2. The van der Waals surface area contributed by atoms with E-state index in [1.165, 1.54) is 31.2 Å². The van der Waals surface area contributed by atoms with Crippen LogP contribution < -0.4 is 11.1 Å². The fourth-order valence-electron chi connectivity index (χ4n) is 2.17. The third-order valence-electron chi connectivity index (χ3n) is 3.07. The molecule has 0 radical (unpaired) electrons. The molecule has 0 aromatic carbocycles. The van der Waals surface area contributed by atoms with E-state index in [-0.39, 0.29) is 0 Å². The normalized spacial score (nSPS) is 12.6. The molecule has 0 aliphatic heterocycles. The van der Waals surface area contributed by atoms with E-state index in [0.717, 1.165) is 18.7 Å². The SMILES string of the molecule is CCCC(CCCc1cnccc1N)NCC. The molecule has 0 fully saturated rings. The van der Waals surface area contributed by atoms with Crippen molar-refractivity contribution in [2.24, 2.45) is 0 Å². The lowest BCUT2D eigenvalue weighted by atomic mass is 10.0. The van der Waals surface area contributed by atoms with Crippen molar-refractivity contribution < 1.29 is 0 Å². The second-order valence-electron chi connectivity index (χ2n) is 4.51. The van der Waals surface area contributed by atoms with Crippen molar-refractivity contribution in [1.29, 1.82) is 0 Å². The zero-order chi connectivity index (χ0) is 12.5. The van der Waals surface area contributed by atoms with E-state index in [4.69, 9.17) is 5.73 Å². The fourth-order valence-corrected chi connectivity index (χ4v) is 2.17. The number of aromatic nitrogens is 1. The molecule has 1 heterocycles. The summed E-state index contributed by atoms with van der Waals surface area (Å²) in [5.74, 6) is 0. The maximum absolute atomic E-state index is 5.90. The van der Waals surface area contributed by atoms with Crippen molar-refractivity contribution in [2.45, 2.75) is 52.0 Å². The van der Waals surface area contributed by atoms with Gasteiger partial charge in [0.2, 0.25) is 0 Å². The number of rotatable bonds is 8. The first-order valence-electron chi connectivity index (χ1n) is 6.69. The molecule has 0 saturated heterocycles. The molecule has 0 spiro atoms. The molecule has 96 valence electrons. The van der Waals surface area contributed by atoms with Crippen LogP contribution in [0.1, 0.15) is 45.1 Å². The van der Waals surface area contributed by atoms with Crippen LogP contribution in [0.4, 0.5) is 5.69 Å². The molecule has 0 aliphatic rings. The third kappa shape index (κ3) is 5.18. The van der Waals surface area contributed by atoms with Crippen LogP contribution in [0.5, 0.6) is 0 Å². The molecular formula is C14H25N3. The Bertz CT molecular complexity index is 306. The number of hydrogen-bond acceptors (Lipinski definition) is 3. The first kappa shape index (κ1) is 14.0. The highest BCUT2D eigenvalue weighted by Crippen LogP contribution is 2.14. The van der Waals surface area contributed by atoms with E-state index in [2.05, 4.69) is 24.1 Å². The van der Waals surface area contributed by atoms with E-state index < -0.39 is 0 Å². The summed E-state index contributed by atoms with van der Waals surface area (Å²) in [4.78, 5) is 4.12. The largest absolute Gasteiger partial charge is 0.398 e. The van der Waals surface area contributed by atoms with Gasteiger partial charge < -0.3 is 11.1 Å². The molecule has 1 aromatic heterocycles. The molecule has 1 atom stereocenters. The summed E-state index contributed by atoms with van der Waals surface area (Å²) in [5, 5.41) is 3.54. The predicted molar refractivity (Wildman–Crippen MR) is 74.0 cm³/mol. The highest BCUT2D eigenvalue weighted by atomic mass is 14.9. The molecule has 0 saturated carbocycles. The molecule has 17 heavy (non-hydrogen) atoms. The highest BCUT2D eigenvalue weighted by molar-refractivity contribution is 5.44. The summed E-state index contributed by atoms with van der Waals surface area (Å²) < 4.78 is 0. The number of anilines is 1. The van der Waals surface area contributed by atoms with Gasteiger partial charge in [0.05, 0.1) is 0 Å². The monoisotopic (exact) mass is 235 g/mol. The average Bonchev–Trinajstić information content (AvgIpc) is 2.32. The minimum Gasteiger partial charge on any atom is -0.398 e. The lowest BCUT2D eigenvalue weighted by Crippen LogP contribution is -2.28. The van der Waals surface area contributed by atoms with Crippen LogP contribution in [0, 0.1) is 0 Å². The van der Waals surface area contributed by atoms with Gasteiger partial charge in [0, 0.05) is 24.1 Å². The molecule has 3 nitrogen and oxygen atoms in total. The van der Waals surface area contributed by atoms with Gasteiger partial charge in [0.15, 0.2) is 0 Å². The van der Waals surface area contributed by atoms with Gasteiger partial charge in [-0.25, -0.2) is 0 Å². The van der Waals surface area contributed by atoms with Crippen molar-refractivity contribution in [1.82, 2.24) is 10.3 Å². The van der Waals surface area contributed by atoms with Gasteiger partial charge in [-0.3, -0.25) is 4.98 Å². The molecular weight excluding hydrogens is 210 g/mol. The fraction of sp³-hybridized carbons (Fsp3) is 0.643. The number of aryl methyl sites for hydroxylation is 1. The Morgan fingerprint density at radius 3 is 2.82 bits per heavy atom. The second kappa shape index (κ2) is 8.07. The Labute approximate surface area is 105 Å². The molecule has 0 bridgehead atoms. The van der Waals surface area contributed by atoms with Gasteiger partial charge in [-0.05, 0) is 43.9 Å². The van der Waals surface area contributed by atoms with Crippen LogP contribution >= 0.6 is 0 Å². The van der Waals surface area contributed by atoms with Crippen molar-refractivity contribution in [3.63, 3.8) is 0 Å². The van der Waals surface area contributed by atoms with Gasteiger partial charge in [-0.15, -0.1) is 0 Å². The van der Waals surface area contributed by atoms with E-state index >= 15 is 0 Å². The zero-order valence-corrected chi connectivity index (χ0v) is 11.1. The summed E-state index contributed by atoms with van der Waals surface area (Å²) in [6.45, 7) is 5.46. The Balaban J connectivity index is 2.33. The number of pyridine rings is 1. The van der Waals surface area contributed by atoms with Crippen molar-refractivity contribution >= 4 is 5.69 Å².